The quantitative estimate of drug-likeness (QED) is 0.300. The van der Waals surface area contributed by atoms with Gasteiger partial charge in [0.1, 0.15) is 5.75 Å². The molecule has 0 aliphatic heterocycles. The van der Waals surface area contributed by atoms with E-state index < -0.39 is 0 Å². The zero-order valence-corrected chi connectivity index (χ0v) is 18.8. The van der Waals surface area contributed by atoms with Crippen LogP contribution in [0.3, 0.4) is 0 Å². The van der Waals surface area contributed by atoms with Gasteiger partial charge < -0.3 is 18.8 Å². The van der Waals surface area contributed by atoms with E-state index in [2.05, 4.69) is 100 Å². The number of hydrogen-bond donors (Lipinski definition) is 1. The molecular weight excluding hydrogens is 431 g/mol. The highest BCUT2D eigenvalue weighted by Gasteiger charge is 2.15. The van der Waals surface area contributed by atoms with Crippen LogP contribution in [0.5, 0.6) is 5.75 Å². The van der Waals surface area contributed by atoms with Gasteiger partial charge in [0.2, 0.25) is 0 Å². The number of aromatic nitrogens is 2. The molecule has 0 aliphatic carbocycles. The Bertz CT molecular complexity index is 1810. The molecule has 0 unspecified atom stereocenters. The Morgan fingerprint density at radius 1 is 0.486 bits per heavy atom. The van der Waals surface area contributed by atoms with Gasteiger partial charge in [-0.05, 0) is 60.7 Å². The van der Waals surface area contributed by atoms with Crippen molar-refractivity contribution in [2.24, 2.45) is 0 Å². The third-order valence-electron chi connectivity index (χ3n) is 6.78. The van der Waals surface area contributed by atoms with E-state index in [0.29, 0.717) is 13.4 Å². The number of para-hydroxylation sites is 3. The zero-order valence-electron chi connectivity index (χ0n) is 18.8. The first-order chi connectivity index (χ1) is 17.3. The first-order valence-electron chi connectivity index (χ1n) is 11.6. The minimum atomic E-state index is 0.601. The highest BCUT2D eigenvalue weighted by atomic mass is 16.5. The summed E-state index contributed by atoms with van der Waals surface area (Å²) >= 11 is 0. The van der Waals surface area contributed by atoms with Crippen LogP contribution in [-0.2, 0) is 0 Å². The lowest BCUT2D eigenvalue weighted by Gasteiger charge is -2.12. The van der Waals surface area contributed by atoms with Crippen LogP contribution in [0.2, 0.25) is 0 Å². The molecule has 0 aliphatic rings. The summed E-state index contributed by atoms with van der Waals surface area (Å²) in [4.78, 5) is 0. The predicted molar refractivity (Wildman–Crippen MR) is 144 cm³/mol. The van der Waals surface area contributed by atoms with Gasteiger partial charge in [-0.2, -0.15) is 0 Å². The fourth-order valence-corrected chi connectivity index (χ4v) is 5.32. The molecule has 4 nitrogen and oxygen atoms in total. The molecule has 0 amide bonds. The van der Waals surface area contributed by atoms with Crippen LogP contribution < -0.4 is 4.65 Å². The molecule has 165 valence electrons. The Hall–Kier alpha value is -4.48. The molecule has 1 N–H and O–H groups in total. The average molecular weight is 451 g/mol. The molecule has 0 fully saturated rings. The molecule has 7 aromatic rings. The van der Waals surface area contributed by atoms with E-state index in [1.165, 1.54) is 21.8 Å². The first kappa shape index (κ1) is 19.9. The molecule has 0 atom stereocenters. The Balaban J connectivity index is 1.43. The van der Waals surface area contributed by atoms with Crippen LogP contribution >= 0.6 is 0 Å². The maximum Gasteiger partial charge on any atom is 0.569 e. The van der Waals surface area contributed by atoms with Gasteiger partial charge in [-0.1, -0.05) is 54.6 Å². The van der Waals surface area contributed by atoms with E-state index >= 15 is 0 Å². The second kappa shape index (κ2) is 7.79. The fourth-order valence-electron chi connectivity index (χ4n) is 5.32. The van der Waals surface area contributed by atoms with Gasteiger partial charge in [0.25, 0.3) is 0 Å². The number of rotatable bonds is 4. The Morgan fingerprint density at radius 3 is 1.40 bits per heavy atom. The van der Waals surface area contributed by atoms with Crippen molar-refractivity contribution in [1.82, 2.24) is 9.13 Å². The Kier molecular flexibility index (Phi) is 4.44. The molecule has 0 spiro atoms. The topological polar surface area (TPSA) is 39.3 Å². The van der Waals surface area contributed by atoms with Crippen LogP contribution in [0.25, 0.3) is 55.0 Å². The van der Waals surface area contributed by atoms with Crippen LogP contribution in [0, 0.1) is 0 Å². The monoisotopic (exact) mass is 451 g/mol. The molecule has 35 heavy (non-hydrogen) atoms. The third-order valence-corrected chi connectivity index (χ3v) is 6.78. The van der Waals surface area contributed by atoms with Gasteiger partial charge in [0.15, 0.2) is 0 Å². The highest BCUT2D eigenvalue weighted by Crippen LogP contribution is 2.35. The molecule has 5 heteroatoms. The van der Waals surface area contributed by atoms with Gasteiger partial charge in [-0.25, -0.2) is 0 Å². The van der Waals surface area contributed by atoms with Crippen molar-refractivity contribution in [3.63, 3.8) is 0 Å². The summed E-state index contributed by atoms with van der Waals surface area (Å²) in [7, 11) is 0.716. The summed E-state index contributed by atoms with van der Waals surface area (Å²) in [6.45, 7) is 0. The summed E-state index contributed by atoms with van der Waals surface area (Å²) in [5.74, 6) is 0.601. The van der Waals surface area contributed by atoms with Gasteiger partial charge >= 0.3 is 7.69 Å². The lowest BCUT2D eigenvalue weighted by Crippen LogP contribution is -1.99. The first-order valence-corrected chi connectivity index (χ1v) is 11.6. The van der Waals surface area contributed by atoms with E-state index in [1.807, 2.05) is 24.3 Å². The number of hydrogen-bond acceptors (Lipinski definition) is 2. The third kappa shape index (κ3) is 2.99. The van der Waals surface area contributed by atoms with E-state index in [1.54, 1.807) is 0 Å². The molecular formula is C30H20BN2O2. The number of benzene rings is 5. The maximum absolute atomic E-state index is 9.07. The van der Waals surface area contributed by atoms with Crippen molar-refractivity contribution in [2.75, 3.05) is 0 Å². The largest absolute Gasteiger partial charge is 0.569 e. The summed E-state index contributed by atoms with van der Waals surface area (Å²) in [6.07, 6.45) is 0. The fraction of sp³-hybridized carbons (Fsp3) is 0. The molecule has 0 saturated carbocycles. The second-order valence-corrected chi connectivity index (χ2v) is 8.64. The predicted octanol–water partition coefficient (Wildman–Crippen LogP) is 6.79. The summed E-state index contributed by atoms with van der Waals surface area (Å²) in [6, 6.07) is 40.1. The van der Waals surface area contributed by atoms with Crippen molar-refractivity contribution in [3.8, 4) is 17.1 Å². The van der Waals surface area contributed by atoms with Crippen molar-refractivity contribution in [3.05, 3.63) is 115 Å². The molecule has 2 heterocycles. The summed E-state index contributed by atoms with van der Waals surface area (Å²) in [5, 5.41) is 13.8. The summed E-state index contributed by atoms with van der Waals surface area (Å²) in [5.41, 5.74) is 6.82. The standard InChI is InChI=1S/C30H20BN2O2/c34-31-35-22-17-18-30-26(19-22)25-9-3-6-12-29(25)33(30)21-15-13-20(14-16-21)32-27-10-4-1-7-23(27)24-8-2-5-11-28(24)32/h1-19,34H. The SMILES string of the molecule is O[B]Oc1ccc2c(c1)c1ccccc1n2-c1ccc(-n2c3ccccc3c3ccccc32)cc1. The lowest BCUT2D eigenvalue weighted by molar-refractivity contribution is 0.454. The maximum atomic E-state index is 9.07. The van der Waals surface area contributed by atoms with Gasteiger partial charge in [0.05, 0.1) is 22.1 Å². The minimum Gasteiger partial charge on any atom is -0.537 e. The van der Waals surface area contributed by atoms with Crippen LogP contribution in [0.4, 0.5) is 0 Å². The molecule has 0 saturated heterocycles. The van der Waals surface area contributed by atoms with Crippen molar-refractivity contribution >= 4 is 51.3 Å². The van der Waals surface area contributed by atoms with Gasteiger partial charge in [-0.15, -0.1) is 0 Å². The molecule has 7 rings (SSSR count). The van der Waals surface area contributed by atoms with Crippen molar-refractivity contribution < 1.29 is 9.68 Å². The van der Waals surface area contributed by atoms with Crippen LogP contribution in [0.1, 0.15) is 0 Å². The second-order valence-electron chi connectivity index (χ2n) is 8.64. The number of fused-ring (bicyclic) bond motifs is 6. The van der Waals surface area contributed by atoms with Gasteiger partial charge in [0, 0.05) is 32.9 Å². The smallest absolute Gasteiger partial charge is 0.537 e. The normalized spacial score (nSPS) is 11.6. The van der Waals surface area contributed by atoms with Crippen molar-refractivity contribution in [1.29, 1.82) is 0 Å². The van der Waals surface area contributed by atoms with Crippen LogP contribution in [-0.4, -0.2) is 21.8 Å². The number of nitrogens with zero attached hydrogens (tertiary/aromatic N) is 2. The molecule has 5 aromatic carbocycles. The lowest BCUT2D eigenvalue weighted by atomic mass is 10.1. The molecule has 2 aromatic heterocycles. The Morgan fingerprint density at radius 2 is 0.914 bits per heavy atom. The minimum absolute atomic E-state index is 0.601. The van der Waals surface area contributed by atoms with E-state index in [0.717, 1.165) is 33.2 Å². The average Bonchev–Trinajstić information content (AvgIpc) is 3.42. The summed E-state index contributed by atoms with van der Waals surface area (Å²) < 4.78 is 9.82. The highest BCUT2D eigenvalue weighted by molar-refractivity contribution is 6.17. The molecule has 1 radical (unpaired) electrons. The van der Waals surface area contributed by atoms with Crippen LogP contribution in [0.15, 0.2) is 115 Å². The van der Waals surface area contributed by atoms with Gasteiger partial charge in [-0.3, -0.25) is 0 Å². The zero-order chi connectivity index (χ0) is 23.4. The van der Waals surface area contributed by atoms with E-state index in [-0.39, 0.29) is 0 Å². The van der Waals surface area contributed by atoms with E-state index in [4.69, 9.17) is 9.68 Å². The molecule has 0 bridgehead atoms. The Labute approximate surface area is 202 Å². The van der Waals surface area contributed by atoms with E-state index in [9.17, 15) is 0 Å². The van der Waals surface area contributed by atoms with Crippen molar-refractivity contribution in [2.45, 2.75) is 0 Å².